The molecule has 6 bridgehead atoms. The molecule has 9 nitrogen and oxygen atoms in total. The summed E-state index contributed by atoms with van der Waals surface area (Å²) in [4.78, 5) is 42.5. The van der Waals surface area contributed by atoms with Gasteiger partial charge in [-0.2, -0.15) is 0 Å². The van der Waals surface area contributed by atoms with Gasteiger partial charge in [0, 0.05) is 0 Å². The van der Waals surface area contributed by atoms with Crippen molar-refractivity contribution in [1.82, 2.24) is 0 Å². The van der Waals surface area contributed by atoms with Crippen molar-refractivity contribution in [2.45, 2.75) is 114 Å². The molecule has 51 heavy (non-hydrogen) atoms. The molecule has 0 spiro atoms. The molecule has 0 amide bonds. The fourth-order valence-corrected chi connectivity index (χ4v) is 8.02. The van der Waals surface area contributed by atoms with Gasteiger partial charge in [0.25, 0.3) is 0 Å². The molecule has 4 aliphatic heterocycles. The summed E-state index contributed by atoms with van der Waals surface area (Å²) in [5.74, 6) is -1.98. The van der Waals surface area contributed by atoms with Crippen molar-refractivity contribution in [3.05, 3.63) is 108 Å². The van der Waals surface area contributed by atoms with Crippen LogP contribution >= 0.6 is 0 Å². The standard InChI is InChI=1S/C42H48O9/c1-25-19-22-31-37(28-13-7-4-8-14-28)50-41(44)35-27(3)21-24-33(48-35)39(30-17-11-6-12-18-30)51-42(45)36-26(2)20-23-32(47-36)38(29-15-9-5-10-16-29)49-40(43)34(25)46-31/h4-18,25-27,31-39H,19-24H2,1-3H3/t25-,26-,27-,31-,32-,33-,34+,35+,36+,37+,38+,39+/m0/s1. The van der Waals surface area contributed by atoms with Gasteiger partial charge in [-0.15, -0.1) is 0 Å². The molecule has 4 heterocycles. The zero-order chi connectivity index (χ0) is 35.5. The van der Waals surface area contributed by atoms with Gasteiger partial charge < -0.3 is 28.4 Å². The number of hydrogen-bond acceptors (Lipinski definition) is 9. The monoisotopic (exact) mass is 696 g/mol. The van der Waals surface area contributed by atoms with Crippen LogP contribution in [-0.4, -0.2) is 54.5 Å². The Morgan fingerprint density at radius 1 is 0.373 bits per heavy atom. The molecule has 9 heteroatoms. The molecule has 4 aliphatic rings. The van der Waals surface area contributed by atoms with Crippen LogP contribution in [0, 0.1) is 17.8 Å². The van der Waals surface area contributed by atoms with Crippen LogP contribution in [0.1, 0.15) is 94.3 Å². The third-order valence-corrected chi connectivity index (χ3v) is 11.1. The van der Waals surface area contributed by atoms with Crippen LogP contribution in [0.25, 0.3) is 0 Å². The van der Waals surface area contributed by atoms with Crippen LogP contribution in [0.5, 0.6) is 0 Å². The number of ether oxygens (including phenoxy) is 6. The van der Waals surface area contributed by atoms with E-state index in [2.05, 4.69) is 0 Å². The van der Waals surface area contributed by atoms with Crippen LogP contribution in [0.4, 0.5) is 0 Å². The van der Waals surface area contributed by atoms with E-state index < -0.39 is 72.8 Å². The second-order valence-electron chi connectivity index (χ2n) is 14.8. The van der Waals surface area contributed by atoms with E-state index in [1.54, 1.807) is 0 Å². The molecule has 4 saturated heterocycles. The maximum Gasteiger partial charge on any atom is 0.336 e. The summed E-state index contributed by atoms with van der Waals surface area (Å²) < 4.78 is 38.8. The molecule has 0 unspecified atom stereocenters. The molecule has 0 N–H and O–H groups in total. The molecule has 3 aromatic rings. The Bertz CT molecular complexity index is 1440. The van der Waals surface area contributed by atoms with Crippen molar-refractivity contribution in [1.29, 1.82) is 0 Å². The summed E-state index contributed by atoms with van der Waals surface area (Å²) in [7, 11) is 0. The lowest BCUT2D eigenvalue weighted by atomic mass is 9.87. The minimum absolute atomic E-state index is 0.143. The SMILES string of the molecule is C[C@H]1CC[C@@H]2O[C@H]1C(=O)O[C@H](c1ccccc1)[C@@H]1CC[C@H](C)[C@@H](O1)C(=O)O[C@H](c1ccccc1)[C@@H]1CC[C@H](C)[C@@H](O1)C(=O)O[C@@H]2c1ccccc1. The molecular formula is C42H48O9. The third-order valence-electron chi connectivity index (χ3n) is 11.1. The highest BCUT2D eigenvalue weighted by Gasteiger charge is 2.47. The van der Waals surface area contributed by atoms with Gasteiger partial charge in [0.15, 0.2) is 36.6 Å². The summed E-state index contributed by atoms with van der Waals surface area (Å²) in [6.45, 7) is 5.92. The van der Waals surface area contributed by atoms with E-state index in [-0.39, 0.29) is 17.8 Å². The van der Waals surface area contributed by atoms with Crippen molar-refractivity contribution in [2.24, 2.45) is 17.8 Å². The quantitative estimate of drug-likeness (QED) is 0.205. The molecule has 0 saturated carbocycles. The zero-order valence-electron chi connectivity index (χ0n) is 29.5. The Hall–Kier alpha value is -4.05. The van der Waals surface area contributed by atoms with Crippen LogP contribution in [0.2, 0.25) is 0 Å². The first-order chi connectivity index (χ1) is 24.8. The van der Waals surface area contributed by atoms with Crippen molar-refractivity contribution >= 4 is 17.9 Å². The first-order valence-electron chi connectivity index (χ1n) is 18.5. The molecule has 270 valence electrons. The molecule has 12 atom stereocenters. The normalized spacial score (nSPS) is 36.4. The highest BCUT2D eigenvalue weighted by molar-refractivity contribution is 5.77. The number of cyclic esters (lactones) is 3. The number of esters is 3. The minimum atomic E-state index is -0.900. The van der Waals surface area contributed by atoms with E-state index in [4.69, 9.17) is 28.4 Å². The molecule has 3 aromatic carbocycles. The number of fused-ring (bicyclic) bond motifs is 6. The van der Waals surface area contributed by atoms with Crippen LogP contribution < -0.4 is 0 Å². The highest BCUT2D eigenvalue weighted by atomic mass is 16.6. The van der Waals surface area contributed by atoms with E-state index in [1.165, 1.54) is 0 Å². The maximum absolute atomic E-state index is 14.2. The predicted octanol–water partition coefficient (Wildman–Crippen LogP) is 7.40. The van der Waals surface area contributed by atoms with E-state index in [9.17, 15) is 14.4 Å². The molecular weight excluding hydrogens is 648 g/mol. The number of carbonyl (C=O) groups is 3. The van der Waals surface area contributed by atoms with E-state index >= 15 is 0 Å². The lowest BCUT2D eigenvalue weighted by molar-refractivity contribution is -0.219. The first-order valence-corrected chi connectivity index (χ1v) is 18.5. The van der Waals surface area contributed by atoms with E-state index in [0.717, 1.165) is 16.7 Å². The largest absolute Gasteiger partial charge is 0.453 e. The Morgan fingerprint density at radius 2 is 0.627 bits per heavy atom. The Balaban J connectivity index is 1.29. The van der Waals surface area contributed by atoms with E-state index in [1.807, 2.05) is 112 Å². The molecule has 0 aromatic heterocycles. The van der Waals surface area contributed by atoms with Crippen molar-refractivity contribution in [2.75, 3.05) is 0 Å². The molecule has 0 aliphatic carbocycles. The van der Waals surface area contributed by atoms with Gasteiger partial charge in [-0.1, -0.05) is 112 Å². The van der Waals surface area contributed by atoms with Gasteiger partial charge in [0.05, 0.1) is 18.3 Å². The molecule has 4 fully saturated rings. The van der Waals surface area contributed by atoms with E-state index in [0.29, 0.717) is 38.5 Å². The number of carbonyl (C=O) groups excluding carboxylic acids is 3. The second kappa shape index (κ2) is 15.7. The molecule has 0 radical (unpaired) electrons. The average molecular weight is 697 g/mol. The third kappa shape index (κ3) is 7.76. The Labute approximate surface area is 299 Å². The lowest BCUT2D eigenvalue weighted by Crippen LogP contribution is -2.49. The first kappa shape index (κ1) is 35.4. The zero-order valence-corrected chi connectivity index (χ0v) is 29.5. The van der Waals surface area contributed by atoms with Crippen molar-refractivity contribution < 1.29 is 42.8 Å². The Kier molecular flexibility index (Phi) is 10.9. The second-order valence-corrected chi connectivity index (χ2v) is 14.8. The maximum atomic E-state index is 14.2. The predicted molar refractivity (Wildman–Crippen MR) is 187 cm³/mol. The summed E-state index contributed by atoms with van der Waals surface area (Å²) in [6, 6.07) is 28.5. The number of hydrogen-bond donors (Lipinski definition) is 0. The van der Waals surface area contributed by atoms with Crippen LogP contribution in [0.15, 0.2) is 91.0 Å². The van der Waals surface area contributed by atoms with Gasteiger partial charge in [-0.3, -0.25) is 0 Å². The van der Waals surface area contributed by atoms with Crippen LogP contribution in [-0.2, 0) is 42.8 Å². The summed E-state index contributed by atoms with van der Waals surface area (Å²) in [5, 5.41) is 0. The molecule has 7 rings (SSSR count). The van der Waals surface area contributed by atoms with Crippen LogP contribution in [0.3, 0.4) is 0 Å². The number of benzene rings is 3. The fourth-order valence-electron chi connectivity index (χ4n) is 8.02. The topological polar surface area (TPSA) is 107 Å². The van der Waals surface area contributed by atoms with Gasteiger partial charge in [0.1, 0.15) is 0 Å². The van der Waals surface area contributed by atoms with Gasteiger partial charge in [0.2, 0.25) is 0 Å². The summed E-state index contributed by atoms with van der Waals surface area (Å²) in [5.41, 5.74) is 2.29. The lowest BCUT2D eigenvalue weighted by Gasteiger charge is -2.42. The fraction of sp³-hybridized carbons (Fsp3) is 0.500. The Morgan fingerprint density at radius 3 is 0.882 bits per heavy atom. The average Bonchev–Trinajstić information content (AvgIpc) is 3.16. The minimum Gasteiger partial charge on any atom is -0.453 e. The van der Waals surface area contributed by atoms with Gasteiger partial charge >= 0.3 is 17.9 Å². The van der Waals surface area contributed by atoms with Crippen molar-refractivity contribution in [3.8, 4) is 0 Å². The summed E-state index contributed by atoms with van der Waals surface area (Å²) >= 11 is 0. The van der Waals surface area contributed by atoms with Gasteiger partial charge in [-0.05, 0) is 73.0 Å². The number of rotatable bonds is 3. The summed E-state index contributed by atoms with van der Waals surface area (Å²) in [6.07, 6.45) is -3.07. The van der Waals surface area contributed by atoms with Gasteiger partial charge in [-0.25, -0.2) is 14.4 Å². The highest BCUT2D eigenvalue weighted by Crippen LogP contribution is 2.41. The smallest absolute Gasteiger partial charge is 0.336 e. The van der Waals surface area contributed by atoms with Crippen molar-refractivity contribution in [3.63, 3.8) is 0 Å².